The molecule has 0 spiro atoms. The highest BCUT2D eigenvalue weighted by Gasteiger charge is 2.15. The van der Waals surface area contributed by atoms with Gasteiger partial charge in [0.2, 0.25) is 10.0 Å². The minimum Gasteiger partial charge on any atom is -0.225 e. The fraction of sp³-hybridized carbons (Fsp3) is 0.353. The standard InChI is InChI=1S/C17H23N2O2S.ClHO4/c1-12-11-13(2)19(15(4)14(12)3)10-9-16-5-7-17(8-6-16)22(18,20)21;2-1(3,4)5/h5-8,11H,9-10H2,1-4H3,(H2,18,20,21);(H,2,3,4,5)/q+1;/p-1. The maximum Gasteiger partial charge on any atom is 0.238 e. The summed E-state index contributed by atoms with van der Waals surface area (Å²) < 4.78 is 58.8. The van der Waals surface area contributed by atoms with Crippen LogP contribution in [0.2, 0.25) is 0 Å². The van der Waals surface area contributed by atoms with Crippen molar-refractivity contribution in [1.29, 1.82) is 0 Å². The predicted molar refractivity (Wildman–Crippen MR) is 87.1 cm³/mol. The molecule has 2 N–H and O–H groups in total. The lowest BCUT2D eigenvalue weighted by atomic mass is 10.1. The van der Waals surface area contributed by atoms with Crippen LogP contribution < -0.4 is 28.3 Å². The maximum absolute atomic E-state index is 11.3. The van der Waals surface area contributed by atoms with Gasteiger partial charge in [-0.1, -0.05) is 12.1 Å². The van der Waals surface area contributed by atoms with E-state index in [0.717, 1.165) is 18.5 Å². The lowest BCUT2D eigenvalue weighted by Crippen LogP contribution is -2.68. The van der Waals surface area contributed by atoms with Crippen molar-refractivity contribution in [3.05, 3.63) is 58.4 Å². The number of sulfonamides is 1. The number of benzene rings is 1. The number of aromatic nitrogens is 1. The molecule has 1 heterocycles. The molecule has 0 radical (unpaired) electrons. The summed E-state index contributed by atoms with van der Waals surface area (Å²) >= 11 is 0. The van der Waals surface area contributed by atoms with Crippen LogP contribution in [0.4, 0.5) is 0 Å². The first-order valence-electron chi connectivity index (χ1n) is 7.91. The Morgan fingerprint density at radius 1 is 1.00 bits per heavy atom. The molecule has 0 amide bonds. The van der Waals surface area contributed by atoms with Gasteiger partial charge < -0.3 is 0 Å². The minimum absolute atomic E-state index is 0.155. The molecule has 0 saturated carbocycles. The lowest BCUT2D eigenvalue weighted by molar-refractivity contribution is -2.00. The van der Waals surface area contributed by atoms with Crippen molar-refractivity contribution in [2.75, 3.05) is 0 Å². The molecule has 2 rings (SSSR count). The Morgan fingerprint density at radius 2 is 1.48 bits per heavy atom. The van der Waals surface area contributed by atoms with Gasteiger partial charge in [0.1, 0.15) is 0 Å². The summed E-state index contributed by atoms with van der Waals surface area (Å²) in [5, 5.41) is 5.11. The van der Waals surface area contributed by atoms with Gasteiger partial charge in [0, 0.05) is 31.9 Å². The fourth-order valence-corrected chi connectivity index (χ4v) is 3.20. The molecule has 0 saturated heterocycles. The van der Waals surface area contributed by atoms with Crippen LogP contribution in [0.1, 0.15) is 28.1 Å². The molecule has 0 aliphatic heterocycles. The molecule has 0 unspecified atom stereocenters. The van der Waals surface area contributed by atoms with Gasteiger partial charge in [-0.3, -0.25) is 0 Å². The van der Waals surface area contributed by atoms with E-state index in [1.54, 1.807) is 12.1 Å². The van der Waals surface area contributed by atoms with Crippen LogP contribution in [-0.4, -0.2) is 8.42 Å². The van der Waals surface area contributed by atoms with Gasteiger partial charge in [0.25, 0.3) is 0 Å². The highest BCUT2D eigenvalue weighted by molar-refractivity contribution is 7.89. The van der Waals surface area contributed by atoms with Crippen LogP contribution in [0.3, 0.4) is 0 Å². The second kappa shape index (κ2) is 9.07. The highest BCUT2D eigenvalue weighted by atomic mass is 35.7. The monoisotopic (exact) mass is 418 g/mol. The van der Waals surface area contributed by atoms with E-state index in [2.05, 4.69) is 38.3 Å². The predicted octanol–water partition coefficient (Wildman–Crippen LogP) is -2.66. The van der Waals surface area contributed by atoms with E-state index in [4.69, 9.17) is 23.8 Å². The van der Waals surface area contributed by atoms with Gasteiger partial charge in [0.05, 0.1) is 4.90 Å². The number of nitrogens with two attached hydrogens (primary N) is 1. The van der Waals surface area contributed by atoms with Crippen molar-refractivity contribution in [2.45, 2.75) is 45.6 Å². The second-order valence-corrected chi connectivity index (χ2v) is 8.47. The average molecular weight is 419 g/mol. The van der Waals surface area contributed by atoms with Gasteiger partial charge in [-0.25, -0.2) is 32.2 Å². The number of hydrogen-bond donors (Lipinski definition) is 1. The van der Waals surface area contributed by atoms with E-state index in [1.807, 2.05) is 12.1 Å². The first-order chi connectivity index (χ1) is 12.2. The van der Waals surface area contributed by atoms with Crippen LogP contribution in [0.25, 0.3) is 0 Å². The second-order valence-electron chi connectivity index (χ2n) is 6.15. The zero-order valence-electron chi connectivity index (χ0n) is 15.6. The lowest BCUT2D eigenvalue weighted by Gasteiger charge is -2.17. The quantitative estimate of drug-likeness (QED) is 0.534. The number of halogens is 1. The number of aryl methyl sites for hydroxylation is 3. The number of primary sulfonamides is 1. The molecule has 10 heteroatoms. The van der Waals surface area contributed by atoms with E-state index in [-0.39, 0.29) is 4.90 Å². The molecular weight excluding hydrogens is 396 g/mol. The van der Waals surface area contributed by atoms with Crippen LogP contribution >= 0.6 is 0 Å². The van der Waals surface area contributed by atoms with Crippen molar-refractivity contribution in [1.82, 2.24) is 0 Å². The third kappa shape index (κ3) is 7.89. The zero-order valence-corrected chi connectivity index (χ0v) is 17.1. The third-order valence-corrected chi connectivity index (χ3v) is 5.20. The van der Waals surface area contributed by atoms with Gasteiger partial charge in [-0.15, -0.1) is 10.2 Å². The van der Waals surface area contributed by atoms with Crippen LogP contribution in [0, 0.1) is 37.9 Å². The summed E-state index contributed by atoms with van der Waals surface area (Å²) in [6.07, 6.45) is 0.847. The number of pyridine rings is 1. The Bertz CT molecular complexity index is 887. The number of nitrogens with zero attached hydrogens (tertiary/aromatic N) is 1. The van der Waals surface area contributed by atoms with Gasteiger partial charge in [0.15, 0.2) is 17.9 Å². The smallest absolute Gasteiger partial charge is 0.225 e. The number of rotatable bonds is 4. The minimum atomic E-state index is -4.94. The molecule has 2 aromatic rings. The van der Waals surface area contributed by atoms with Crippen LogP contribution in [0.5, 0.6) is 0 Å². The molecule has 1 aromatic heterocycles. The molecule has 0 atom stereocenters. The summed E-state index contributed by atoms with van der Waals surface area (Å²) in [5.74, 6) is 0. The van der Waals surface area contributed by atoms with Crippen molar-refractivity contribution in [2.24, 2.45) is 5.14 Å². The molecule has 0 bridgehead atoms. The van der Waals surface area contributed by atoms with Crippen molar-refractivity contribution >= 4 is 10.0 Å². The molecular formula is C17H23ClN2O6S. The first-order valence-corrected chi connectivity index (χ1v) is 10.7. The molecule has 27 heavy (non-hydrogen) atoms. The summed E-state index contributed by atoms with van der Waals surface area (Å²) in [7, 11) is -8.56. The Morgan fingerprint density at radius 3 is 1.93 bits per heavy atom. The first kappa shape index (κ1) is 23.4. The van der Waals surface area contributed by atoms with Gasteiger partial charge in [-0.05, 0) is 37.1 Å². The molecule has 8 nitrogen and oxygen atoms in total. The average Bonchev–Trinajstić information content (AvgIpc) is 2.50. The molecule has 1 aromatic carbocycles. The third-order valence-electron chi connectivity index (χ3n) is 4.27. The molecule has 0 fully saturated rings. The summed E-state index contributed by atoms with van der Waals surface area (Å²) in [6, 6.07) is 8.98. The van der Waals surface area contributed by atoms with Crippen LogP contribution in [-0.2, 0) is 23.0 Å². The Balaban J connectivity index is 0.000000646. The van der Waals surface area contributed by atoms with E-state index in [9.17, 15) is 8.42 Å². The summed E-state index contributed by atoms with van der Waals surface area (Å²) in [6.45, 7) is 9.39. The van der Waals surface area contributed by atoms with Crippen molar-refractivity contribution < 1.29 is 41.9 Å². The zero-order chi connectivity index (χ0) is 21.0. The Kier molecular flexibility index (Phi) is 7.87. The Hall–Kier alpha value is -1.59. The van der Waals surface area contributed by atoms with Crippen LogP contribution in [0.15, 0.2) is 35.2 Å². The van der Waals surface area contributed by atoms with E-state index < -0.39 is 20.3 Å². The highest BCUT2D eigenvalue weighted by Crippen LogP contribution is 2.12. The molecule has 0 aliphatic rings. The van der Waals surface area contributed by atoms with Crippen molar-refractivity contribution in [3.63, 3.8) is 0 Å². The normalized spacial score (nSPS) is 11.7. The number of hydrogen-bond acceptors (Lipinski definition) is 6. The van der Waals surface area contributed by atoms with E-state index in [1.165, 1.54) is 22.5 Å². The van der Waals surface area contributed by atoms with E-state index >= 15 is 0 Å². The fourth-order valence-electron chi connectivity index (χ4n) is 2.68. The summed E-state index contributed by atoms with van der Waals surface area (Å²) in [4.78, 5) is 0.155. The van der Waals surface area contributed by atoms with Gasteiger partial charge in [-0.2, -0.15) is 4.57 Å². The molecule has 0 aliphatic carbocycles. The maximum atomic E-state index is 11.3. The topological polar surface area (TPSA) is 156 Å². The van der Waals surface area contributed by atoms with E-state index in [0.29, 0.717) is 0 Å². The summed E-state index contributed by atoms with van der Waals surface area (Å²) in [5.41, 5.74) is 6.23. The molecule has 150 valence electrons. The van der Waals surface area contributed by atoms with Gasteiger partial charge >= 0.3 is 0 Å². The Labute approximate surface area is 161 Å². The SMILES string of the molecule is Cc1cc(C)[n+](CCc2ccc(S(N)(=O)=O)cc2)c(C)c1C.[O-][Cl+3]([O-])([O-])[O-]. The largest absolute Gasteiger partial charge is 0.238 e. The van der Waals surface area contributed by atoms with Crippen molar-refractivity contribution in [3.8, 4) is 0 Å².